The second-order valence-electron chi connectivity index (χ2n) is 3.46. The Bertz CT molecular complexity index is 113. The van der Waals surface area contributed by atoms with Gasteiger partial charge in [0.2, 0.25) is 0 Å². The van der Waals surface area contributed by atoms with Crippen LogP contribution in [0.2, 0.25) is 0 Å². The van der Waals surface area contributed by atoms with Crippen LogP contribution in [0.5, 0.6) is 0 Å². The third-order valence-corrected chi connectivity index (χ3v) is 3.20. The lowest BCUT2D eigenvalue weighted by atomic mass is 10.2. The van der Waals surface area contributed by atoms with Crippen LogP contribution in [-0.2, 0) is 0 Å². The fourth-order valence-corrected chi connectivity index (χ4v) is 2.56. The Kier molecular flexibility index (Phi) is 5.04. The normalized spacial score (nSPS) is 22.5. The molecule has 0 spiro atoms. The zero-order chi connectivity index (χ0) is 8.81. The third kappa shape index (κ3) is 3.78. The molecule has 1 aliphatic rings. The van der Waals surface area contributed by atoms with E-state index >= 15 is 0 Å². The lowest BCUT2D eigenvalue weighted by Gasteiger charge is -2.28. The predicted molar refractivity (Wildman–Crippen MR) is 56.6 cm³/mol. The van der Waals surface area contributed by atoms with Crippen molar-refractivity contribution in [2.75, 3.05) is 31.1 Å². The molecule has 1 fully saturated rings. The van der Waals surface area contributed by atoms with Gasteiger partial charge in [-0.1, -0.05) is 13.3 Å². The molecule has 1 heterocycles. The van der Waals surface area contributed by atoms with E-state index in [0.717, 1.165) is 6.54 Å². The van der Waals surface area contributed by atoms with Crippen molar-refractivity contribution in [2.24, 2.45) is 5.73 Å². The molecule has 1 saturated heterocycles. The van der Waals surface area contributed by atoms with E-state index in [9.17, 15) is 0 Å². The van der Waals surface area contributed by atoms with Gasteiger partial charge < -0.3 is 10.6 Å². The molecule has 0 saturated carbocycles. The van der Waals surface area contributed by atoms with Crippen molar-refractivity contribution in [1.82, 2.24) is 4.90 Å². The molecule has 1 rings (SSSR count). The summed E-state index contributed by atoms with van der Waals surface area (Å²) >= 11 is 2.06. The summed E-state index contributed by atoms with van der Waals surface area (Å²) in [5.41, 5.74) is 5.97. The van der Waals surface area contributed by atoms with Gasteiger partial charge in [-0.2, -0.15) is 11.8 Å². The molecule has 0 aliphatic carbocycles. The molecule has 0 bridgehead atoms. The average Bonchev–Trinajstić information content (AvgIpc) is 2.06. The Morgan fingerprint density at radius 1 is 1.42 bits per heavy atom. The maximum absolute atomic E-state index is 5.97. The first-order chi connectivity index (χ1) is 5.83. The zero-order valence-corrected chi connectivity index (χ0v) is 8.78. The summed E-state index contributed by atoms with van der Waals surface area (Å²) < 4.78 is 0. The van der Waals surface area contributed by atoms with Crippen molar-refractivity contribution in [3.8, 4) is 0 Å². The van der Waals surface area contributed by atoms with E-state index in [2.05, 4.69) is 23.6 Å². The molecule has 1 aliphatic heterocycles. The van der Waals surface area contributed by atoms with Gasteiger partial charge in [-0.05, 0) is 6.42 Å². The van der Waals surface area contributed by atoms with Gasteiger partial charge in [0.1, 0.15) is 0 Å². The van der Waals surface area contributed by atoms with Crippen molar-refractivity contribution >= 4 is 11.8 Å². The third-order valence-electron chi connectivity index (χ3n) is 2.26. The van der Waals surface area contributed by atoms with Crippen molar-refractivity contribution in [3.05, 3.63) is 0 Å². The first-order valence-corrected chi connectivity index (χ1v) is 6.04. The topological polar surface area (TPSA) is 29.3 Å². The van der Waals surface area contributed by atoms with Crippen LogP contribution < -0.4 is 5.73 Å². The highest BCUT2D eigenvalue weighted by atomic mass is 32.2. The molecule has 3 heteroatoms. The van der Waals surface area contributed by atoms with Crippen molar-refractivity contribution in [3.63, 3.8) is 0 Å². The minimum Gasteiger partial charge on any atom is -0.327 e. The number of hydrogen-bond acceptors (Lipinski definition) is 3. The second kappa shape index (κ2) is 5.84. The number of thioether (sulfide) groups is 1. The standard InChI is InChI=1S/C9H20N2S/c1-2-3-9(10)8-11-4-6-12-7-5-11/h9H,2-8,10H2,1H3. The lowest BCUT2D eigenvalue weighted by Crippen LogP contribution is -2.41. The minimum absolute atomic E-state index is 0.401. The first kappa shape index (κ1) is 10.4. The van der Waals surface area contributed by atoms with Crippen LogP contribution in [0.15, 0.2) is 0 Å². The van der Waals surface area contributed by atoms with E-state index in [-0.39, 0.29) is 0 Å². The summed E-state index contributed by atoms with van der Waals surface area (Å²) in [4.78, 5) is 2.50. The lowest BCUT2D eigenvalue weighted by molar-refractivity contribution is 0.276. The maximum Gasteiger partial charge on any atom is 0.0167 e. The maximum atomic E-state index is 5.97. The van der Waals surface area contributed by atoms with E-state index < -0.39 is 0 Å². The van der Waals surface area contributed by atoms with Gasteiger partial charge in [0, 0.05) is 37.2 Å². The van der Waals surface area contributed by atoms with E-state index in [1.165, 1.54) is 37.4 Å². The fraction of sp³-hybridized carbons (Fsp3) is 1.00. The quantitative estimate of drug-likeness (QED) is 0.718. The summed E-state index contributed by atoms with van der Waals surface area (Å²) in [6.45, 7) is 5.78. The Balaban J connectivity index is 2.11. The average molecular weight is 188 g/mol. The van der Waals surface area contributed by atoms with Gasteiger partial charge in [0.05, 0.1) is 0 Å². The highest BCUT2D eigenvalue weighted by Gasteiger charge is 2.12. The van der Waals surface area contributed by atoms with Crippen LogP contribution >= 0.6 is 11.8 Å². The number of rotatable bonds is 4. The number of hydrogen-bond donors (Lipinski definition) is 1. The van der Waals surface area contributed by atoms with Crippen molar-refractivity contribution < 1.29 is 0 Å². The fourth-order valence-electron chi connectivity index (χ4n) is 1.58. The molecule has 12 heavy (non-hydrogen) atoms. The Labute approximate surface area is 79.9 Å². The Morgan fingerprint density at radius 2 is 2.08 bits per heavy atom. The number of nitrogens with two attached hydrogens (primary N) is 1. The molecular weight excluding hydrogens is 168 g/mol. The van der Waals surface area contributed by atoms with E-state index in [1.807, 2.05) is 0 Å². The van der Waals surface area contributed by atoms with E-state index in [0.29, 0.717) is 6.04 Å². The van der Waals surface area contributed by atoms with Crippen molar-refractivity contribution in [2.45, 2.75) is 25.8 Å². The van der Waals surface area contributed by atoms with Gasteiger partial charge >= 0.3 is 0 Å². The van der Waals surface area contributed by atoms with E-state index in [1.54, 1.807) is 0 Å². The first-order valence-electron chi connectivity index (χ1n) is 4.88. The molecular formula is C9H20N2S. The Morgan fingerprint density at radius 3 is 2.67 bits per heavy atom. The SMILES string of the molecule is CCCC(N)CN1CCSCC1. The van der Waals surface area contributed by atoms with Gasteiger partial charge in [0.15, 0.2) is 0 Å². The van der Waals surface area contributed by atoms with Crippen LogP contribution in [0, 0.1) is 0 Å². The van der Waals surface area contributed by atoms with Crippen molar-refractivity contribution in [1.29, 1.82) is 0 Å². The predicted octanol–water partition coefficient (Wildman–Crippen LogP) is 1.16. The monoisotopic (exact) mass is 188 g/mol. The molecule has 1 atom stereocenters. The summed E-state index contributed by atoms with van der Waals surface area (Å²) in [6, 6.07) is 0.401. The van der Waals surface area contributed by atoms with Crippen LogP contribution in [-0.4, -0.2) is 42.1 Å². The summed E-state index contributed by atoms with van der Waals surface area (Å²) in [6.07, 6.45) is 2.38. The van der Waals surface area contributed by atoms with Crippen LogP contribution in [0.1, 0.15) is 19.8 Å². The van der Waals surface area contributed by atoms with Crippen LogP contribution in [0.25, 0.3) is 0 Å². The van der Waals surface area contributed by atoms with Crippen LogP contribution in [0.4, 0.5) is 0 Å². The molecule has 0 aromatic carbocycles. The van der Waals surface area contributed by atoms with E-state index in [4.69, 9.17) is 5.73 Å². The molecule has 0 aromatic rings. The molecule has 0 amide bonds. The molecule has 2 N–H and O–H groups in total. The van der Waals surface area contributed by atoms with Gasteiger partial charge in [0.25, 0.3) is 0 Å². The molecule has 0 radical (unpaired) electrons. The summed E-state index contributed by atoms with van der Waals surface area (Å²) in [7, 11) is 0. The molecule has 2 nitrogen and oxygen atoms in total. The molecule has 1 unspecified atom stereocenters. The largest absolute Gasteiger partial charge is 0.327 e. The highest BCUT2D eigenvalue weighted by molar-refractivity contribution is 7.99. The molecule has 72 valence electrons. The molecule has 0 aromatic heterocycles. The second-order valence-corrected chi connectivity index (χ2v) is 4.69. The zero-order valence-electron chi connectivity index (χ0n) is 7.96. The Hall–Kier alpha value is 0.270. The van der Waals surface area contributed by atoms with Gasteiger partial charge in [-0.3, -0.25) is 0 Å². The number of nitrogens with zero attached hydrogens (tertiary/aromatic N) is 1. The van der Waals surface area contributed by atoms with Gasteiger partial charge in [-0.25, -0.2) is 0 Å². The smallest absolute Gasteiger partial charge is 0.0167 e. The summed E-state index contributed by atoms with van der Waals surface area (Å²) in [5, 5.41) is 0. The highest BCUT2D eigenvalue weighted by Crippen LogP contribution is 2.09. The van der Waals surface area contributed by atoms with Gasteiger partial charge in [-0.15, -0.1) is 0 Å². The summed E-state index contributed by atoms with van der Waals surface area (Å²) in [5.74, 6) is 2.58. The minimum atomic E-state index is 0.401. The van der Waals surface area contributed by atoms with Crippen LogP contribution in [0.3, 0.4) is 0 Å².